The zero-order valence-corrected chi connectivity index (χ0v) is 37.2. The lowest BCUT2D eigenvalue weighted by Crippen LogP contribution is -2.68. The van der Waals surface area contributed by atoms with Crippen LogP contribution >= 0.6 is 0 Å². The normalized spacial score (nSPS) is 11.2. The van der Waals surface area contributed by atoms with E-state index in [0.717, 1.165) is 79.1 Å². The highest BCUT2D eigenvalue weighted by atomic mass is 17.2. The molecule has 0 aromatic heterocycles. The monoisotopic (exact) mass is 930 g/mol. The minimum atomic E-state index is -4.05. The molecule has 0 aliphatic rings. The summed E-state index contributed by atoms with van der Waals surface area (Å²) in [5.74, 6) is -12.7. The van der Waals surface area contributed by atoms with Gasteiger partial charge in [0.2, 0.25) is 0 Å². The summed E-state index contributed by atoms with van der Waals surface area (Å²) in [6, 6.07) is 30.7. The van der Waals surface area contributed by atoms with Gasteiger partial charge in [0.25, 0.3) is 0 Å². The van der Waals surface area contributed by atoms with Crippen LogP contribution in [0.1, 0.15) is 62.1 Å². The molecule has 0 atom stereocenters. The molecule has 0 aliphatic heterocycles. The molecule has 0 saturated heterocycles. The first-order valence-corrected chi connectivity index (χ1v) is 20.1. The molecule has 350 valence electrons. The van der Waals surface area contributed by atoms with Crippen LogP contribution in [0.15, 0.2) is 146 Å². The van der Waals surface area contributed by atoms with Gasteiger partial charge in [-0.2, -0.15) is 29.3 Å². The smallest absolute Gasteiger partial charge is 0.190 e. The molecule has 0 radical (unpaired) electrons. The quantitative estimate of drug-likeness (QED) is 0.0231. The Morgan fingerprint density at radius 1 is 0.250 bits per heavy atom. The van der Waals surface area contributed by atoms with Gasteiger partial charge in [-0.1, -0.05) is 72.8 Å². The van der Waals surface area contributed by atoms with Crippen molar-refractivity contribution in [2.45, 2.75) is 0 Å². The number of para-hydroxylation sites is 6. The summed E-state index contributed by atoms with van der Waals surface area (Å²) in [5, 5.41) is 0. The first kappa shape index (κ1) is 49.3. The molecule has 0 unspecified atom stereocenters. The Morgan fingerprint density at radius 2 is 0.382 bits per heavy atom. The van der Waals surface area contributed by atoms with E-state index in [1.165, 1.54) is 109 Å². The van der Waals surface area contributed by atoms with Crippen LogP contribution in [0.25, 0.3) is 0 Å². The number of benzene rings is 6. The second kappa shape index (κ2) is 22.4. The summed E-state index contributed by atoms with van der Waals surface area (Å²) in [7, 11) is 6.63. The molecule has 68 heavy (non-hydrogen) atoms. The van der Waals surface area contributed by atoms with Crippen LogP contribution in [0, 0.1) is 10.8 Å². The van der Waals surface area contributed by atoms with Crippen LogP contribution < -0.4 is 29.3 Å². The highest BCUT2D eigenvalue weighted by Gasteiger charge is 2.77. The fraction of sp³-hybridized carbons (Fsp3) is 0.160. The molecule has 0 heterocycles. The topological polar surface area (TPSA) is 213 Å². The molecule has 0 N–H and O–H groups in total. The van der Waals surface area contributed by atoms with Gasteiger partial charge in [0.15, 0.2) is 80.0 Å². The fourth-order valence-electron chi connectivity index (χ4n) is 7.75. The standard InChI is InChI=1S/C50H42O18/c1-57-63-37-25-13-7-19-31(37)43(51)49(44(52)32-20-8-14-26-38(32)64-58-2,45(53)33-21-9-15-27-39(33)65-59-3)50(46(54)34-22-10-16-28-40(34)66-60-4,47(55)35-23-11-17-29-41(35)67-61-5)48(56)36-24-12-18-30-42(36)68-62-6/h7-30H,1-6H3. The SMILES string of the molecule is COOc1ccccc1C(=O)C(C(=O)c1ccccc1OOC)(C(=O)c1ccccc1OOC)C(C(=O)c1ccccc1OOC)(C(=O)c1ccccc1OOC)C(=O)c1ccccc1OOC. The number of rotatable bonds is 25. The van der Waals surface area contributed by atoms with Crippen molar-refractivity contribution in [3.63, 3.8) is 0 Å². The zero-order valence-electron chi connectivity index (χ0n) is 37.2. The molecular weight excluding hydrogens is 889 g/mol. The maximum absolute atomic E-state index is 16.9. The van der Waals surface area contributed by atoms with Gasteiger partial charge < -0.3 is 29.3 Å². The minimum absolute atomic E-state index is 0.441. The predicted octanol–water partition coefficient (Wildman–Crippen LogP) is 7.90. The van der Waals surface area contributed by atoms with Crippen LogP contribution in [0.5, 0.6) is 34.5 Å². The van der Waals surface area contributed by atoms with E-state index in [1.54, 1.807) is 0 Å². The second-order valence-electron chi connectivity index (χ2n) is 14.0. The largest absolute Gasteiger partial charge is 0.337 e. The van der Waals surface area contributed by atoms with Crippen molar-refractivity contribution in [3.05, 3.63) is 179 Å². The van der Waals surface area contributed by atoms with Gasteiger partial charge >= 0.3 is 0 Å². The lowest BCUT2D eigenvalue weighted by atomic mass is 9.47. The molecule has 18 nitrogen and oxygen atoms in total. The number of hydrogen-bond donors (Lipinski definition) is 0. The van der Waals surface area contributed by atoms with Gasteiger partial charge in [0, 0.05) is 0 Å². The summed E-state index contributed by atoms with van der Waals surface area (Å²) in [5.41, 5.74) is -12.1. The first-order valence-electron chi connectivity index (χ1n) is 20.1. The molecule has 0 spiro atoms. The van der Waals surface area contributed by atoms with E-state index < -0.39 is 113 Å². The van der Waals surface area contributed by atoms with Gasteiger partial charge in [-0.25, -0.2) is 0 Å². The minimum Gasteiger partial charge on any atom is -0.337 e. The first-order chi connectivity index (χ1) is 33.0. The molecular formula is C50H42O18. The summed E-state index contributed by atoms with van der Waals surface area (Å²) in [4.78, 5) is 164. The Hall–Kier alpha value is -8.10. The molecule has 0 fully saturated rings. The van der Waals surface area contributed by atoms with Gasteiger partial charge in [0.05, 0.1) is 76.0 Å². The van der Waals surface area contributed by atoms with Gasteiger partial charge in [-0.3, -0.25) is 28.8 Å². The lowest BCUT2D eigenvalue weighted by Gasteiger charge is -2.44. The van der Waals surface area contributed by atoms with E-state index in [1.807, 2.05) is 0 Å². The Bertz CT molecular complexity index is 2330. The number of Topliss-reactive ketones (excluding diaryl/α,β-unsaturated/α-hetero) is 6. The van der Waals surface area contributed by atoms with Crippen molar-refractivity contribution in [2.24, 2.45) is 10.8 Å². The van der Waals surface area contributed by atoms with Gasteiger partial charge in [-0.15, -0.1) is 0 Å². The molecule has 0 bridgehead atoms. The Kier molecular flexibility index (Phi) is 16.2. The average molecular weight is 931 g/mol. The van der Waals surface area contributed by atoms with Crippen LogP contribution in [-0.4, -0.2) is 77.4 Å². The Morgan fingerprint density at radius 3 is 0.515 bits per heavy atom. The summed E-state index contributed by atoms with van der Waals surface area (Å²) < 4.78 is 0. The van der Waals surface area contributed by atoms with Crippen molar-refractivity contribution in [2.75, 3.05) is 42.7 Å². The van der Waals surface area contributed by atoms with Crippen LogP contribution in [0.3, 0.4) is 0 Å². The molecule has 0 amide bonds. The fourth-order valence-corrected chi connectivity index (χ4v) is 7.75. The van der Waals surface area contributed by atoms with Crippen LogP contribution in [0.2, 0.25) is 0 Å². The van der Waals surface area contributed by atoms with Crippen molar-refractivity contribution in [1.82, 2.24) is 0 Å². The van der Waals surface area contributed by atoms with Gasteiger partial charge in [-0.05, 0) is 72.8 Å². The van der Waals surface area contributed by atoms with Crippen molar-refractivity contribution in [3.8, 4) is 34.5 Å². The summed E-state index contributed by atoms with van der Waals surface area (Å²) >= 11 is 0. The van der Waals surface area contributed by atoms with Crippen molar-refractivity contribution < 1.29 is 87.4 Å². The lowest BCUT2D eigenvalue weighted by molar-refractivity contribution is -0.178. The van der Waals surface area contributed by atoms with Crippen molar-refractivity contribution in [1.29, 1.82) is 0 Å². The van der Waals surface area contributed by atoms with E-state index >= 15 is 28.8 Å². The van der Waals surface area contributed by atoms with Crippen LogP contribution in [-0.2, 0) is 29.3 Å². The van der Waals surface area contributed by atoms with Crippen LogP contribution in [0.4, 0.5) is 0 Å². The predicted molar refractivity (Wildman–Crippen MR) is 235 cm³/mol. The molecule has 0 saturated carbocycles. The van der Waals surface area contributed by atoms with E-state index in [2.05, 4.69) is 0 Å². The number of hydrogen-bond acceptors (Lipinski definition) is 18. The average Bonchev–Trinajstić information content (AvgIpc) is 3.36. The van der Waals surface area contributed by atoms with E-state index in [4.69, 9.17) is 58.7 Å². The molecule has 18 heteroatoms. The maximum atomic E-state index is 16.9. The Balaban J connectivity index is 2.05. The molecule has 0 aliphatic carbocycles. The molecule has 6 rings (SSSR count). The van der Waals surface area contributed by atoms with E-state index in [0.29, 0.717) is 0 Å². The zero-order chi connectivity index (χ0) is 48.8. The number of ketones is 6. The third-order valence-corrected chi connectivity index (χ3v) is 10.4. The van der Waals surface area contributed by atoms with E-state index in [9.17, 15) is 0 Å². The summed E-state index contributed by atoms with van der Waals surface area (Å²) in [6.07, 6.45) is 0. The van der Waals surface area contributed by atoms with Crippen molar-refractivity contribution >= 4 is 34.7 Å². The van der Waals surface area contributed by atoms with E-state index in [-0.39, 0.29) is 0 Å². The molecule has 6 aromatic rings. The summed E-state index contributed by atoms with van der Waals surface area (Å²) in [6.45, 7) is 0. The molecule has 6 aromatic carbocycles. The number of carbonyl (C=O) groups excluding carboxylic acids is 6. The highest BCUT2D eigenvalue weighted by molar-refractivity contribution is 6.50. The Labute approximate surface area is 388 Å². The second-order valence-corrected chi connectivity index (χ2v) is 14.0. The number of carbonyl (C=O) groups is 6. The third kappa shape index (κ3) is 8.93. The van der Waals surface area contributed by atoms with Gasteiger partial charge in [0.1, 0.15) is 0 Å². The third-order valence-electron chi connectivity index (χ3n) is 10.4. The maximum Gasteiger partial charge on any atom is 0.190 e. The highest BCUT2D eigenvalue weighted by Crippen LogP contribution is 2.56.